The molecule has 13 heteroatoms. The van der Waals surface area contributed by atoms with E-state index in [2.05, 4.69) is 20.5 Å². The lowest BCUT2D eigenvalue weighted by Gasteiger charge is -2.15. The first-order valence-corrected chi connectivity index (χ1v) is 13.7. The first-order chi connectivity index (χ1) is 19.8. The maximum atomic E-state index is 13.2. The van der Waals surface area contributed by atoms with Gasteiger partial charge in [0.25, 0.3) is 11.8 Å². The zero-order chi connectivity index (χ0) is 28.9. The molecule has 0 bridgehead atoms. The topological polar surface area (TPSA) is 146 Å². The van der Waals surface area contributed by atoms with Crippen molar-refractivity contribution in [3.63, 3.8) is 0 Å². The minimum absolute atomic E-state index is 0.0669. The predicted molar refractivity (Wildman–Crippen MR) is 148 cm³/mol. The number of amides is 2. The Morgan fingerprint density at radius 1 is 1.12 bits per heavy atom. The van der Waals surface area contributed by atoms with E-state index in [-0.39, 0.29) is 30.5 Å². The zero-order valence-corrected chi connectivity index (χ0v) is 23.4. The van der Waals surface area contributed by atoms with Crippen molar-refractivity contribution >= 4 is 34.3 Å². The van der Waals surface area contributed by atoms with Crippen LogP contribution in [0, 0.1) is 6.92 Å². The summed E-state index contributed by atoms with van der Waals surface area (Å²) in [6.07, 6.45) is 1.46. The fourth-order valence-electron chi connectivity index (χ4n) is 4.08. The predicted octanol–water partition coefficient (Wildman–Crippen LogP) is 4.26. The largest absolute Gasteiger partial charge is 0.480 e. The number of nitrogens with zero attached hydrogens (tertiary/aromatic N) is 4. The number of carbonyl (C=O) groups excluding carboxylic acids is 3. The molecule has 4 aromatic rings. The van der Waals surface area contributed by atoms with Gasteiger partial charge in [0, 0.05) is 55.2 Å². The van der Waals surface area contributed by atoms with E-state index in [0.717, 1.165) is 5.56 Å². The van der Waals surface area contributed by atoms with Gasteiger partial charge in [-0.3, -0.25) is 19.7 Å². The van der Waals surface area contributed by atoms with Crippen LogP contribution in [-0.2, 0) is 20.7 Å². The number of likely N-dealkylation sites (N-methyl/N-ethyl adjacent to an activating group) is 1. The van der Waals surface area contributed by atoms with Gasteiger partial charge in [0.15, 0.2) is 11.2 Å². The van der Waals surface area contributed by atoms with Crippen molar-refractivity contribution in [3.8, 4) is 28.7 Å². The zero-order valence-electron chi connectivity index (χ0n) is 22.6. The standard InChI is InChI=1S/C28H27N5O7S/c1-4-37-24(34)14-22-15-29-28(41-22)30-25(35)18-11-20(13-21(12-18)40-23-9-10-33(3)27(23)36)39-19-7-5-17(6-8-19)26-32-31-16(2)38-26/h5-8,11-13,15,23H,4,9-10,14H2,1-3H3,(H,29,30,35). The van der Waals surface area contributed by atoms with E-state index in [1.807, 2.05) is 0 Å². The average Bonchev–Trinajstić information content (AvgIpc) is 3.66. The molecule has 2 aromatic heterocycles. The van der Waals surface area contributed by atoms with Crippen LogP contribution < -0.4 is 14.8 Å². The van der Waals surface area contributed by atoms with E-state index in [1.54, 1.807) is 68.3 Å². The number of anilines is 1. The van der Waals surface area contributed by atoms with Crippen LogP contribution in [-0.4, -0.2) is 64.2 Å². The highest BCUT2D eigenvalue weighted by Gasteiger charge is 2.31. The van der Waals surface area contributed by atoms with Crippen molar-refractivity contribution < 1.29 is 33.0 Å². The van der Waals surface area contributed by atoms with Gasteiger partial charge >= 0.3 is 5.97 Å². The third-order valence-electron chi connectivity index (χ3n) is 6.06. The Labute approximate surface area is 239 Å². The fraction of sp³-hybridized carbons (Fsp3) is 0.286. The van der Waals surface area contributed by atoms with Gasteiger partial charge in [-0.1, -0.05) is 0 Å². The average molecular weight is 578 g/mol. The Balaban J connectivity index is 1.35. The number of likely N-dealkylation sites (tertiary alicyclic amines) is 1. The number of aromatic nitrogens is 3. The Morgan fingerprint density at radius 3 is 2.59 bits per heavy atom. The highest BCUT2D eigenvalue weighted by atomic mass is 32.1. The van der Waals surface area contributed by atoms with Crippen molar-refractivity contribution in [2.24, 2.45) is 0 Å². The van der Waals surface area contributed by atoms with Crippen LogP contribution in [0.3, 0.4) is 0 Å². The molecule has 1 aliphatic rings. The van der Waals surface area contributed by atoms with Crippen molar-refractivity contribution in [1.82, 2.24) is 20.1 Å². The molecule has 1 aliphatic heterocycles. The molecule has 5 rings (SSSR count). The summed E-state index contributed by atoms with van der Waals surface area (Å²) in [5.41, 5.74) is 0.959. The Kier molecular flexibility index (Phi) is 8.24. The third kappa shape index (κ3) is 6.87. The maximum absolute atomic E-state index is 13.2. The summed E-state index contributed by atoms with van der Waals surface area (Å²) in [7, 11) is 1.72. The molecule has 3 heterocycles. The molecule has 41 heavy (non-hydrogen) atoms. The van der Waals surface area contributed by atoms with Crippen molar-refractivity contribution in [3.05, 3.63) is 65.0 Å². The second-order valence-corrected chi connectivity index (χ2v) is 10.3. The van der Waals surface area contributed by atoms with Gasteiger partial charge in [-0.15, -0.1) is 21.5 Å². The molecule has 1 unspecified atom stereocenters. The minimum atomic E-state index is -0.660. The third-order valence-corrected chi connectivity index (χ3v) is 6.97. The number of hydrogen-bond donors (Lipinski definition) is 1. The van der Waals surface area contributed by atoms with Gasteiger partial charge < -0.3 is 23.5 Å². The summed E-state index contributed by atoms with van der Waals surface area (Å²) in [5, 5.41) is 10.9. The van der Waals surface area contributed by atoms with Gasteiger partial charge in [-0.05, 0) is 43.3 Å². The highest BCUT2D eigenvalue weighted by Crippen LogP contribution is 2.31. The number of aryl methyl sites for hydroxylation is 1. The number of ether oxygens (including phenoxy) is 3. The molecule has 2 aromatic carbocycles. The number of carbonyl (C=O) groups is 3. The lowest BCUT2D eigenvalue weighted by atomic mass is 10.1. The summed E-state index contributed by atoms with van der Waals surface area (Å²) < 4.78 is 22.5. The van der Waals surface area contributed by atoms with Gasteiger partial charge in [-0.25, -0.2) is 4.98 Å². The molecular formula is C28H27N5O7S. The van der Waals surface area contributed by atoms with Crippen LogP contribution in [0.2, 0.25) is 0 Å². The van der Waals surface area contributed by atoms with E-state index in [9.17, 15) is 14.4 Å². The van der Waals surface area contributed by atoms with Crippen LogP contribution in [0.4, 0.5) is 5.13 Å². The van der Waals surface area contributed by atoms with Gasteiger partial charge in [0.1, 0.15) is 17.2 Å². The molecule has 1 saturated heterocycles. The van der Waals surface area contributed by atoms with Gasteiger partial charge in [-0.2, -0.15) is 0 Å². The normalized spacial score (nSPS) is 14.7. The van der Waals surface area contributed by atoms with E-state index < -0.39 is 12.0 Å². The Hall–Kier alpha value is -4.78. The monoisotopic (exact) mass is 577 g/mol. The van der Waals surface area contributed by atoms with Crippen LogP contribution >= 0.6 is 11.3 Å². The molecule has 0 spiro atoms. The number of hydrogen-bond acceptors (Lipinski definition) is 11. The summed E-state index contributed by atoms with van der Waals surface area (Å²) in [5.74, 6) is 1.02. The van der Waals surface area contributed by atoms with Gasteiger partial charge in [0.05, 0.1) is 13.0 Å². The van der Waals surface area contributed by atoms with Crippen molar-refractivity contribution in [1.29, 1.82) is 0 Å². The number of nitrogens with one attached hydrogen (secondary N) is 1. The second-order valence-electron chi connectivity index (χ2n) is 9.17. The highest BCUT2D eigenvalue weighted by molar-refractivity contribution is 7.15. The molecule has 0 saturated carbocycles. The molecule has 1 fully saturated rings. The summed E-state index contributed by atoms with van der Waals surface area (Å²) >= 11 is 1.17. The van der Waals surface area contributed by atoms with Crippen LogP contribution in [0.5, 0.6) is 17.2 Å². The fourth-order valence-corrected chi connectivity index (χ4v) is 4.87. The Bertz CT molecular complexity index is 1570. The molecule has 212 valence electrons. The van der Waals surface area contributed by atoms with E-state index in [4.69, 9.17) is 18.6 Å². The molecular weight excluding hydrogens is 550 g/mol. The van der Waals surface area contributed by atoms with Crippen LogP contribution in [0.1, 0.15) is 34.5 Å². The number of thiazole rings is 1. The molecule has 0 aliphatic carbocycles. The van der Waals surface area contributed by atoms with E-state index >= 15 is 0 Å². The smallest absolute Gasteiger partial charge is 0.311 e. The lowest BCUT2D eigenvalue weighted by molar-refractivity contribution is -0.142. The maximum Gasteiger partial charge on any atom is 0.311 e. The first kappa shape index (κ1) is 27.8. The van der Waals surface area contributed by atoms with E-state index in [1.165, 1.54) is 17.5 Å². The van der Waals surface area contributed by atoms with Crippen molar-refractivity contribution in [2.45, 2.75) is 32.8 Å². The second kappa shape index (κ2) is 12.2. The first-order valence-electron chi connectivity index (χ1n) is 12.8. The number of rotatable bonds is 10. The molecule has 1 N–H and O–H groups in total. The molecule has 12 nitrogen and oxygen atoms in total. The van der Waals surface area contributed by atoms with E-state index in [0.29, 0.717) is 52.0 Å². The van der Waals surface area contributed by atoms with Crippen molar-refractivity contribution in [2.75, 3.05) is 25.5 Å². The van der Waals surface area contributed by atoms with Gasteiger partial charge in [0.2, 0.25) is 11.8 Å². The molecule has 2 amide bonds. The molecule has 1 atom stereocenters. The van der Waals surface area contributed by atoms with Crippen LogP contribution in [0.25, 0.3) is 11.5 Å². The minimum Gasteiger partial charge on any atom is -0.480 e. The quantitative estimate of drug-likeness (QED) is 0.271. The Morgan fingerprint density at radius 2 is 1.90 bits per heavy atom. The van der Waals surface area contributed by atoms with Crippen LogP contribution in [0.15, 0.2) is 53.1 Å². The summed E-state index contributed by atoms with van der Waals surface area (Å²) in [6.45, 7) is 4.32. The lowest BCUT2D eigenvalue weighted by Crippen LogP contribution is -2.29. The summed E-state index contributed by atoms with van der Waals surface area (Å²) in [4.78, 5) is 43.9. The summed E-state index contributed by atoms with van der Waals surface area (Å²) in [6, 6.07) is 11.8. The molecule has 0 radical (unpaired) electrons. The number of benzene rings is 2. The SMILES string of the molecule is CCOC(=O)Cc1cnc(NC(=O)c2cc(Oc3ccc(-c4nnc(C)o4)cc3)cc(OC3CCN(C)C3=O)c2)s1. The number of esters is 1.